The number of nitrogens with two attached hydrogens (primary N) is 1. The molecular formula is C22H25N3O2. The summed E-state index contributed by atoms with van der Waals surface area (Å²) in [4.78, 5) is 18.2. The zero-order valence-corrected chi connectivity index (χ0v) is 15.6. The number of likely N-dealkylation sites (tertiary alicyclic amines) is 1. The summed E-state index contributed by atoms with van der Waals surface area (Å²) in [5.74, 6) is 1.28. The van der Waals surface area contributed by atoms with Gasteiger partial charge in [-0.25, -0.2) is 0 Å². The SMILES string of the molecule is COc1cc2[nH]ccc2cc1C(=O)N1CCC(Cc2ccc(N)cc2)CC1. The lowest BCUT2D eigenvalue weighted by Gasteiger charge is -2.32. The van der Waals surface area contributed by atoms with E-state index in [2.05, 4.69) is 17.1 Å². The number of hydrogen-bond donors (Lipinski definition) is 2. The van der Waals surface area contributed by atoms with E-state index in [1.165, 1.54) is 5.56 Å². The monoisotopic (exact) mass is 363 g/mol. The Morgan fingerprint density at radius 1 is 1.19 bits per heavy atom. The Morgan fingerprint density at radius 2 is 1.93 bits per heavy atom. The van der Waals surface area contributed by atoms with Gasteiger partial charge in [0.1, 0.15) is 5.75 Å². The van der Waals surface area contributed by atoms with E-state index in [0.717, 1.165) is 48.9 Å². The topological polar surface area (TPSA) is 71.4 Å². The summed E-state index contributed by atoms with van der Waals surface area (Å²) in [6, 6.07) is 13.9. The number of nitrogens with one attached hydrogen (secondary N) is 1. The van der Waals surface area contributed by atoms with Crippen LogP contribution in [0.4, 0.5) is 5.69 Å². The number of benzene rings is 2. The molecule has 0 bridgehead atoms. The van der Waals surface area contributed by atoms with Crippen LogP contribution in [-0.4, -0.2) is 36.0 Å². The van der Waals surface area contributed by atoms with Gasteiger partial charge in [0.25, 0.3) is 5.91 Å². The second-order valence-corrected chi connectivity index (χ2v) is 7.30. The Hall–Kier alpha value is -2.95. The molecule has 1 aliphatic heterocycles. The van der Waals surface area contributed by atoms with Crippen molar-refractivity contribution in [2.45, 2.75) is 19.3 Å². The number of H-pyrrole nitrogens is 1. The summed E-state index contributed by atoms with van der Waals surface area (Å²) in [5.41, 5.74) is 9.49. The molecule has 0 saturated carbocycles. The smallest absolute Gasteiger partial charge is 0.257 e. The minimum atomic E-state index is 0.0564. The van der Waals surface area contributed by atoms with Crippen LogP contribution >= 0.6 is 0 Å². The predicted molar refractivity (Wildman–Crippen MR) is 108 cm³/mol. The molecule has 1 aromatic heterocycles. The van der Waals surface area contributed by atoms with Gasteiger partial charge in [0, 0.05) is 41.9 Å². The molecule has 0 aliphatic carbocycles. The molecule has 140 valence electrons. The number of nitrogens with zero attached hydrogens (tertiary/aromatic N) is 1. The number of rotatable bonds is 4. The highest BCUT2D eigenvalue weighted by atomic mass is 16.5. The van der Waals surface area contributed by atoms with Gasteiger partial charge in [0.15, 0.2) is 0 Å². The van der Waals surface area contributed by atoms with Crippen molar-refractivity contribution >= 4 is 22.5 Å². The Kier molecular flexibility index (Phi) is 4.75. The minimum absolute atomic E-state index is 0.0564. The molecule has 3 aromatic rings. The summed E-state index contributed by atoms with van der Waals surface area (Å²) in [6.07, 6.45) is 4.96. The second-order valence-electron chi connectivity index (χ2n) is 7.30. The number of aromatic amines is 1. The van der Waals surface area contributed by atoms with E-state index < -0.39 is 0 Å². The zero-order valence-electron chi connectivity index (χ0n) is 15.6. The van der Waals surface area contributed by atoms with E-state index in [1.54, 1.807) is 7.11 Å². The molecule has 5 heteroatoms. The standard InChI is InChI=1S/C22H25N3O2/c1-27-21-14-20-17(6-9-24-20)13-19(21)22(26)25-10-7-16(8-11-25)12-15-2-4-18(23)5-3-15/h2-6,9,13-14,16,24H,7-8,10-12,23H2,1H3. The molecule has 1 amide bonds. The third-order valence-electron chi connectivity index (χ3n) is 5.51. The van der Waals surface area contributed by atoms with Crippen LogP contribution in [0.1, 0.15) is 28.8 Å². The van der Waals surface area contributed by atoms with Gasteiger partial charge in [-0.2, -0.15) is 0 Å². The van der Waals surface area contributed by atoms with Crippen LogP contribution in [0.25, 0.3) is 10.9 Å². The van der Waals surface area contributed by atoms with Gasteiger partial charge in [-0.3, -0.25) is 4.79 Å². The lowest BCUT2D eigenvalue weighted by molar-refractivity contribution is 0.0687. The summed E-state index contributed by atoms with van der Waals surface area (Å²) in [6.45, 7) is 1.57. The van der Waals surface area contributed by atoms with Crippen molar-refractivity contribution in [1.82, 2.24) is 9.88 Å². The van der Waals surface area contributed by atoms with Gasteiger partial charge >= 0.3 is 0 Å². The van der Waals surface area contributed by atoms with Crippen molar-refractivity contribution < 1.29 is 9.53 Å². The summed E-state index contributed by atoms with van der Waals surface area (Å²) in [7, 11) is 1.61. The molecule has 5 nitrogen and oxygen atoms in total. The Labute approximate surface area is 159 Å². The van der Waals surface area contributed by atoms with Crippen LogP contribution < -0.4 is 10.5 Å². The van der Waals surface area contributed by atoms with Crippen molar-refractivity contribution in [1.29, 1.82) is 0 Å². The largest absolute Gasteiger partial charge is 0.496 e. The van der Waals surface area contributed by atoms with E-state index in [4.69, 9.17) is 10.5 Å². The van der Waals surface area contributed by atoms with Crippen molar-refractivity contribution in [3.63, 3.8) is 0 Å². The van der Waals surface area contributed by atoms with Crippen molar-refractivity contribution in [2.24, 2.45) is 5.92 Å². The van der Waals surface area contributed by atoms with Gasteiger partial charge in [-0.05, 0) is 55.0 Å². The molecule has 2 heterocycles. The fourth-order valence-corrected chi connectivity index (χ4v) is 3.91. The first-order valence-electron chi connectivity index (χ1n) is 9.43. The van der Waals surface area contributed by atoms with Gasteiger partial charge in [-0.1, -0.05) is 12.1 Å². The van der Waals surface area contributed by atoms with Crippen LogP contribution in [-0.2, 0) is 6.42 Å². The minimum Gasteiger partial charge on any atom is -0.496 e. The third-order valence-corrected chi connectivity index (χ3v) is 5.51. The molecule has 0 radical (unpaired) electrons. The van der Waals surface area contributed by atoms with Crippen molar-refractivity contribution in [2.75, 3.05) is 25.9 Å². The summed E-state index contributed by atoms with van der Waals surface area (Å²) in [5, 5.41) is 1.03. The number of amides is 1. The number of methoxy groups -OCH3 is 1. The molecule has 27 heavy (non-hydrogen) atoms. The number of carbonyl (C=O) groups is 1. The fraction of sp³-hybridized carbons (Fsp3) is 0.318. The van der Waals surface area contributed by atoms with Gasteiger partial charge in [-0.15, -0.1) is 0 Å². The number of ether oxygens (including phenoxy) is 1. The fourth-order valence-electron chi connectivity index (χ4n) is 3.91. The molecule has 0 atom stereocenters. The Balaban J connectivity index is 1.43. The maximum Gasteiger partial charge on any atom is 0.257 e. The highest BCUT2D eigenvalue weighted by molar-refractivity contribution is 6.01. The van der Waals surface area contributed by atoms with Gasteiger partial charge in [0.2, 0.25) is 0 Å². The number of aromatic nitrogens is 1. The van der Waals surface area contributed by atoms with E-state index in [0.29, 0.717) is 17.2 Å². The van der Waals surface area contributed by atoms with Gasteiger partial charge in [0.05, 0.1) is 12.7 Å². The van der Waals surface area contributed by atoms with Crippen molar-refractivity contribution in [3.05, 3.63) is 59.8 Å². The molecular weight excluding hydrogens is 338 g/mol. The summed E-state index contributed by atoms with van der Waals surface area (Å²) < 4.78 is 5.47. The Morgan fingerprint density at radius 3 is 2.63 bits per heavy atom. The maximum absolute atomic E-state index is 13.1. The third kappa shape index (κ3) is 3.63. The molecule has 1 saturated heterocycles. The predicted octanol–water partition coefficient (Wildman–Crippen LogP) is 3.85. The highest BCUT2D eigenvalue weighted by Gasteiger charge is 2.26. The Bertz CT molecular complexity index is 938. The van der Waals surface area contributed by atoms with Crippen LogP contribution in [0.2, 0.25) is 0 Å². The molecule has 1 aliphatic rings. The normalized spacial score (nSPS) is 15.2. The number of fused-ring (bicyclic) bond motifs is 1. The maximum atomic E-state index is 13.1. The average molecular weight is 363 g/mol. The molecule has 4 rings (SSSR count). The molecule has 3 N–H and O–H groups in total. The van der Waals surface area contributed by atoms with Crippen molar-refractivity contribution in [3.8, 4) is 5.75 Å². The average Bonchev–Trinajstić information content (AvgIpc) is 3.16. The molecule has 1 fully saturated rings. The lowest BCUT2D eigenvalue weighted by atomic mass is 9.90. The number of piperidine rings is 1. The lowest BCUT2D eigenvalue weighted by Crippen LogP contribution is -2.39. The quantitative estimate of drug-likeness (QED) is 0.692. The van der Waals surface area contributed by atoms with E-state index in [9.17, 15) is 4.79 Å². The van der Waals surface area contributed by atoms with Crippen LogP contribution in [0, 0.1) is 5.92 Å². The van der Waals surface area contributed by atoms with E-state index >= 15 is 0 Å². The van der Waals surface area contributed by atoms with E-state index in [1.807, 2.05) is 41.4 Å². The zero-order chi connectivity index (χ0) is 18.8. The number of carbonyl (C=O) groups excluding carboxylic acids is 1. The summed E-state index contributed by atoms with van der Waals surface area (Å²) >= 11 is 0. The molecule has 0 spiro atoms. The number of nitrogen functional groups attached to an aromatic ring is 1. The first-order chi connectivity index (χ1) is 13.1. The first-order valence-corrected chi connectivity index (χ1v) is 9.43. The van der Waals surface area contributed by atoms with Gasteiger partial charge < -0.3 is 20.4 Å². The highest BCUT2D eigenvalue weighted by Crippen LogP contribution is 2.29. The first kappa shape index (κ1) is 17.5. The van der Waals surface area contributed by atoms with Crippen LogP contribution in [0.3, 0.4) is 0 Å². The number of anilines is 1. The van der Waals surface area contributed by atoms with Crippen LogP contribution in [0.5, 0.6) is 5.75 Å². The molecule has 0 unspecified atom stereocenters. The van der Waals surface area contributed by atoms with Crippen LogP contribution in [0.15, 0.2) is 48.7 Å². The second kappa shape index (κ2) is 7.35. The van der Waals surface area contributed by atoms with E-state index in [-0.39, 0.29) is 5.91 Å². The molecule has 2 aromatic carbocycles. The number of hydrogen-bond acceptors (Lipinski definition) is 3.